The molecule has 0 atom stereocenters. The molecular weight excluding hydrogens is 470 g/mol. The number of benzene rings is 3. The number of anilines is 1. The molecule has 3 aromatic carbocycles. The Morgan fingerprint density at radius 3 is 2.30 bits per heavy atom. The number of nitrogens with zero attached hydrogens (tertiary/aromatic N) is 1. The maximum Gasteiger partial charge on any atom is 0.340 e. The molecule has 1 amide bonds. The zero-order chi connectivity index (χ0) is 26.4. The molecule has 37 heavy (non-hydrogen) atoms. The number of ether oxygens (including phenoxy) is 4. The summed E-state index contributed by atoms with van der Waals surface area (Å²) in [6.45, 7) is 4.56. The van der Waals surface area contributed by atoms with E-state index in [2.05, 4.69) is 0 Å². The number of rotatable bonds is 9. The number of amides is 1. The molecule has 7 nitrogen and oxygen atoms in total. The quantitative estimate of drug-likeness (QED) is 0.284. The summed E-state index contributed by atoms with van der Waals surface area (Å²) in [6.07, 6.45) is 1.66. The molecule has 0 saturated heterocycles. The summed E-state index contributed by atoms with van der Waals surface area (Å²) < 4.78 is 22.0. The van der Waals surface area contributed by atoms with Crippen LogP contribution in [0.2, 0.25) is 0 Å². The molecule has 1 heterocycles. The van der Waals surface area contributed by atoms with Gasteiger partial charge in [-0.25, -0.2) is 4.79 Å². The number of hydrogen-bond acceptors (Lipinski definition) is 6. The maximum atomic E-state index is 13.6. The van der Waals surface area contributed by atoms with Gasteiger partial charge in [0.1, 0.15) is 12.4 Å². The van der Waals surface area contributed by atoms with Crippen molar-refractivity contribution < 1.29 is 28.5 Å². The largest absolute Gasteiger partial charge is 0.494 e. The Kier molecular flexibility index (Phi) is 7.93. The van der Waals surface area contributed by atoms with Crippen LogP contribution in [0.1, 0.15) is 25.0 Å². The molecule has 0 saturated carbocycles. The zero-order valence-electron chi connectivity index (χ0n) is 21.3. The summed E-state index contributed by atoms with van der Waals surface area (Å²) >= 11 is 0. The molecule has 0 radical (unpaired) electrons. The Bertz CT molecular complexity index is 1340. The van der Waals surface area contributed by atoms with Gasteiger partial charge in [0.15, 0.2) is 11.5 Å². The summed E-state index contributed by atoms with van der Waals surface area (Å²) in [5, 5.41) is 0. The van der Waals surface area contributed by atoms with E-state index in [1.54, 1.807) is 56.5 Å². The van der Waals surface area contributed by atoms with E-state index in [4.69, 9.17) is 18.9 Å². The van der Waals surface area contributed by atoms with Crippen molar-refractivity contribution in [1.29, 1.82) is 0 Å². The van der Waals surface area contributed by atoms with Gasteiger partial charge in [-0.1, -0.05) is 36.4 Å². The second-order valence-electron chi connectivity index (χ2n) is 8.26. The highest BCUT2D eigenvalue weighted by Gasteiger charge is 2.38. The van der Waals surface area contributed by atoms with Crippen LogP contribution in [0, 0.1) is 0 Å². The van der Waals surface area contributed by atoms with Crippen LogP contribution in [-0.4, -0.2) is 32.7 Å². The average Bonchev–Trinajstić information content (AvgIpc) is 3.17. The molecular formula is C30H29NO6. The van der Waals surface area contributed by atoms with E-state index in [9.17, 15) is 9.59 Å². The molecule has 0 aliphatic carbocycles. The number of hydrogen-bond donors (Lipinski definition) is 0. The predicted molar refractivity (Wildman–Crippen MR) is 142 cm³/mol. The maximum absolute atomic E-state index is 13.6. The smallest absolute Gasteiger partial charge is 0.340 e. The molecule has 3 aromatic rings. The van der Waals surface area contributed by atoms with Crippen molar-refractivity contribution in [3.8, 4) is 17.2 Å². The minimum absolute atomic E-state index is 0.213. The topological polar surface area (TPSA) is 74.3 Å². The van der Waals surface area contributed by atoms with Gasteiger partial charge < -0.3 is 18.9 Å². The molecule has 0 fully saturated rings. The lowest BCUT2D eigenvalue weighted by atomic mass is 10.0. The van der Waals surface area contributed by atoms with E-state index >= 15 is 0 Å². The molecule has 0 unspecified atom stereocenters. The van der Waals surface area contributed by atoms with E-state index in [0.717, 1.165) is 5.56 Å². The fraction of sp³-hybridized carbons (Fsp3) is 0.200. The van der Waals surface area contributed by atoms with Gasteiger partial charge in [-0.3, -0.25) is 9.69 Å². The summed E-state index contributed by atoms with van der Waals surface area (Å²) in [5.74, 6) is 0.873. The van der Waals surface area contributed by atoms with Crippen molar-refractivity contribution in [3.63, 3.8) is 0 Å². The normalized spacial score (nSPS) is 14.2. The first-order valence-corrected chi connectivity index (χ1v) is 11.9. The average molecular weight is 500 g/mol. The number of allylic oxidation sites excluding steroid dienone is 1. The van der Waals surface area contributed by atoms with Crippen LogP contribution in [0.4, 0.5) is 5.69 Å². The number of carbonyl (C=O) groups excluding carboxylic acids is 2. The first-order valence-electron chi connectivity index (χ1n) is 11.9. The zero-order valence-corrected chi connectivity index (χ0v) is 21.3. The molecule has 4 rings (SSSR count). The molecule has 0 N–H and O–H groups in total. The van der Waals surface area contributed by atoms with E-state index in [1.807, 2.05) is 43.3 Å². The number of methoxy groups -OCH3 is 2. The Morgan fingerprint density at radius 1 is 0.919 bits per heavy atom. The molecule has 1 aliphatic rings. The first kappa shape index (κ1) is 25.6. The summed E-state index contributed by atoms with van der Waals surface area (Å²) in [7, 11) is 2.85. The van der Waals surface area contributed by atoms with Gasteiger partial charge in [-0.2, -0.15) is 0 Å². The highest BCUT2D eigenvalue weighted by molar-refractivity contribution is 6.23. The number of esters is 1. The fourth-order valence-electron chi connectivity index (χ4n) is 4.14. The van der Waals surface area contributed by atoms with Gasteiger partial charge in [-0.15, -0.1) is 0 Å². The molecule has 0 bridgehead atoms. The molecule has 190 valence electrons. The van der Waals surface area contributed by atoms with Crippen LogP contribution in [-0.2, 0) is 20.9 Å². The number of carbonyl (C=O) groups is 2. The lowest BCUT2D eigenvalue weighted by Crippen LogP contribution is -2.24. The Labute approximate surface area is 216 Å². The molecule has 7 heteroatoms. The van der Waals surface area contributed by atoms with Crippen molar-refractivity contribution in [2.75, 3.05) is 25.7 Å². The Hall–Kier alpha value is -4.52. The third-order valence-electron chi connectivity index (χ3n) is 5.93. The van der Waals surface area contributed by atoms with Gasteiger partial charge in [0.05, 0.1) is 32.0 Å². The Balaban J connectivity index is 1.66. The second kappa shape index (κ2) is 11.5. The fourth-order valence-corrected chi connectivity index (χ4v) is 4.14. The summed E-state index contributed by atoms with van der Waals surface area (Å²) in [4.78, 5) is 27.8. The standard InChI is InChI=1S/C30H29NO6/c1-5-36-24-14-12-23(13-15-24)31-20(2)28(30(33)35-4)25(29(31)32)17-22-11-16-26(27(18-22)34-3)37-19-21-9-7-6-8-10-21/h6-18H,5,19H2,1-4H3/b25-17-. The van der Waals surface area contributed by atoms with Gasteiger partial charge in [0, 0.05) is 11.4 Å². The van der Waals surface area contributed by atoms with Gasteiger partial charge >= 0.3 is 5.97 Å². The van der Waals surface area contributed by atoms with Crippen molar-refractivity contribution in [2.45, 2.75) is 20.5 Å². The van der Waals surface area contributed by atoms with Crippen LogP contribution in [0.15, 0.2) is 89.6 Å². The van der Waals surface area contributed by atoms with Gasteiger partial charge in [0.2, 0.25) is 0 Å². The van der Waals surface area contributed by atoms with Crippen LogP contribution in [0.5, 0.6) is 17.2 Å². The van der Waals surface area contributed by atoms with E-state index in [-0.39, 0.29) is 17.1 Å². The van der Waals surface area contributed by atoms with E-state index in [0.29, 0.717) is 47.4 Å². The minimum Gasteiger partial charge on any atom is -0.494 e. The lowest BCUT2D eigenvalue weighted by Gasteiger charge is -2.18. The SMILES string of the molecule is CCOc1ccc(N2C(=O)/C(=C\c3ccc(OCc4ccccc4)c(OC)c3)C(C(=O)OC)=C2C)cc1. The molecule has 0 aromatic heterocycles. The third-order valence-corrected chi connectivity index (χ3v) is 5.93. The monoisotopic (exact) mass is 499 g/mol. The van der Waals surface area contributed by atoms with Crippen LogP contribution in [0.25, 0.3) is 6.08 Å². The Morgan fingerprint density at radius 2 is 1.65 bits per heavy atom. The van der Waals surface area contributed by atoms with E-state index < -0.39 is 5.97 Å². The van der Waals surface area contributed by atoms with Crippen molar-refractivity contribution in [1.82, 2.24) is 0 Å². The first-order chi connectivity index (χ1) is 18.0. The third kappa shape index (κ3) is 5.51. The van der Waals surface area contributed by atoms with Crippen molar-refractivity contribution >= 4 is 23.6 Å². The molecule has 0 spiro atoms. The van der Waals surface area contributed by atoms with Gasteiger partial charge in [0.25, 0.3) is 5.91 Å². The molecule has 1 aliphatic heterocycles. The summed E-state index contributed by atoms with van der Waals surface area (Å²) in [5.41, 5.74) is 3.27. The highest BCUT2D eigenvalue weighted by atomic mass is 16.5. The van der Waals surface area contributed by atoms with E-state index in [1.165, 1.54) is 12.0 Å². The van der Waals surface area contributed by atoms with Crippen LogP contribution in [0.3, 0.4) is 0 Å². The minimum atomic E-state index is -0.583. The van der Waals surface area contributed by atoms with Crippen LogP contribution < -0.4 is 19.1 Å². The lowest BCUT2D eigenvalue weighted by molar-refractivity contribution is -0.136. The van der Waals surface area contributed by atoms with Crippen LogP contribution >= 0.6 is 0 Å². The second-order valence-corrected chi connectivity index (χ2v) is 8.26. The van der Waals surface area contributed by atoms with Gasteiger partial charge in [-0.05, 0) is 67.4 Å². The predicted octanol–water partition coefficient (Wildman–Crippen LogP) is 5.55. The highest BCUT2D eigenvalue weighted by Crippen LogP contribution is 2.37. The van der Waals surface area contributed by atoms with Crippen molar-refractivity contribution in [3.05, 3.63) is 101 Å². The van der Waals surface area contributed by atoms with Crippen molar-refractivity contribution in [2.24, 2.45) is 0 Å². The summed E-state index contributed by atoms with van der Waals surface area (Å²) in [6, 6.07) is 22.3.